The van der Waals surface area contributed by atoms with E-state index in [0.717, 1.165) is 31.5 Å². The van der Waals surface area contributed by atoms with Gasteiger partial charge in [0.25, 0.3) is 5.56 Å². The van der Waals surface area contributed by atoms with Gasteiger partial charge in [-0.15, -0.1) is 0 Å². The van der Waals surface area contributed by atoms with E-state index in [2.05, 4.69) is 16.9 Å². The van der Waals surface area contributed by atoms with E-state index in [4.69, 9.17) is 4.74 Å². The average molecular weight is 208 g/mol. The molecule has 1 aromatic rings. The molecule has 1 N–H and O–H groups in total. The van der Waals surface area contributed by atoms with Crippen molar-refractivity contribution in [1.82, 2.24) is 9.97 Å². The Bertz CT molecular complexity index is 382. The van der Waals surface area contributed by atoms with Gasteiger partial charge in [0.2, 0.25) is 5.88 Å². The third-order valence-electron chi connectivity index (χ3n) is 2.45. The Hall–Kier alpha value is -1.32. The first kappa shape index (κ1) is 10.2. The van der Waals surface area contributed by atoms with Crippen molar-refractivity contribution in [3.05, 3.63) is 22.2 Å². The molecule has 1 saturated carbocycles. The number of hydrogen-bond acceptors (Lipinski definition) is 3. The first-order valence-corrected chi connectivity index (χ1v) is 5.53. The Morgan fingerprint density at radius 1 is 1.60 bits per heavy atom. The minimum Gasteiger partial charge on any atom is -0.477 e. The number of rotatable bonds is 5. The molecule has 1 aromatic heterocycles. The molecule has 2 rings (SSSR count). The molecule has 0 aromatic carbocycles. The predicted octanol–water partition coefficient (Wildman–Crippen LogP) is 1.83. The predicted molar refractivity (Wildman–Crippen MR) is 57.2 cm³/mol. The summed E-state index contributed by atoms with van der Waals surface area (Å²) in [5.41, 5.74) is -0.113. The van der Waals surface area contributed by atoms with Crippen molar-refractivity contribution in [1.29, 1.82) is 0 Å². The molecule has 82 valence electrons. The van der Waals surface area contributed by atoms with Crippen LogP contribution in [0.2, 0.25) is 0 Å². The molecule has 1 aliphatic rings. The molecule has 1 fully saturated rings. The quantitative estimate of drug-likeness (QED) is 0.751. The van der Waals surface area contributed by atoms with Gasteiger partial charge in [0.05, 0.1) is 12.7 Å². The monoisotopic (exact) mass is 208 g/mol. The van der Waals surface area contributed by atoms with Gasteiger partial charge < -0.3 is 9.72 Å². The summed E-state index contributed by atoms with van der Waals surface area (Å²) in [5, 5.41) is 0. The maximum atomic E-state index is 11.3. The van der Waals surface area contributed by atoms with Crippen LogP contribution in [0.4, 0.5) is 0 Å². The summed E-state index contributed by atoms with van der Waals surface area (Å²) in [6.07, 6.45) is 4.33. The number of ether oxygens (including phenoxy) is 1. The highest BCUT2D eigenvalue weighted by atomic mass is 16.5. The van der Waals surface area contributed by atoms with Gasteiger partial charge in [0.1, 0.15) is 5.82 Å². The van der Waals surface area contributed by atoms with Crippen LogP contribution in [0.1, 0.15) is 44.3 Å². The fourth-order valence-electron chi connectivity index (χ4n) is 1.40. The summed E-state index contributed by atoms with van der Waals surface area (Å²) in [6.45, 7) is 2.74. The Kier molecular flexibility index (Phi) is 3.04. The van der Waals surface area contributed by atoms with Gasteiger partial charge >= 0.3 is 0 Å². The average Bonchev–Trinajstić information content (AvgIpc) is 3.00. The molecular formula is C11H16N2O2. The van der Waals surface area contributed by atoms with Gasteiger partial charge in [0.15, 0.2) is 0 Å². The van der Waals surface area contributed by atoms with E-state index in [1.807, 2.05) is 0 Å². The first-order chi connectivity index (χ1) is 7.29. The second-order valence-corrected chi connectivity index (χ2v) is 3.95. The fourth-order valence-corrected chi connectivity index (χ4v) is 1.40. The van der Waals surface area contributed by atoms with E-state index >= 15 is 0 Å². The Balaban J connectivity index is 2.06. The van der Waals surface area contributed by atoms with E-state index in [-0.39, 0.29) is 5.56 Å². The zero-order valence-electron chi connectivity index (χ0n) is 8.95. The van der Waals surface area contributed by atoms with Crippen LogP contribution in [-0.2, 0) is 0 Å². The lowest BCUT2D eigenvalue weighted by Crippen LogP contribution is -2.11. The lowest BCUT2D eigenvalue weighted by atomic mass is 10.4. The van der Waals surface area contributed by atoms with Gasteiger partial charge in [-0.05, 0) is 19.3 Å². The molecule has 15 heavy (non-hydrogen) atoms. The summed E-state index contributed by atoms with van der Waals surface area (Å²) >= 11 is 0. The highest BCUT2D eigenvalue weighted by Crippen LogP contribution is 2.37. The number of hydrogen-bond donors (Lipinski definition) is 1. The molecule has 0 aliphatic heterocycles. The minimum absolute atomic E-state index is 0.113. The summed E-state index contributed by atoms with van der Waals surface area (Å²) in [4.78, 5) is 18.3. The van der Waals surface area contributed by atoms with Crippen LogP contribution in [0.3, 0.4) is 0 Å². The first-order valence-electron chi connectivity index (χ1n) is 5.53. The smallest absolute Gasteiger partial charge is 0.254 e. The van der Waals surface area contributed by atoms with Crippen LogP contribution in [0, 0.1) is 0 Å². The molecule has 0 amide bonds. The van der Waals surface area contributed by atoms with Crippen LogP contribution < -0.4 is 10.3 Å². The number of H-pyrrole nitrogens is 1. The van der Waals surface area contributed by atoms with Crippen LogP contribution in [-0.4, -0.2) is 16.6 Å². The van der Waals surface area contributed by atoms with Crippen molar-refractivity contribution >= 4 is 0 Å². The summed E-state index contributed by atoms with van der Waals surface area (Å²) in [7, 11) is 0. The minimum atomic E-state index is -0.113. The molecule has 0 atom stereocenters. The molecule has 0 bridgehead atoms. The molecule has 4 nitrogen and oxygen atoms in total. The van der Waals surface area contributed by atoms with Crippen molar-refractivity contribution in [3.8, 4) is 5.88 Å². The second-order valence-electron chi connectivity index (χ2n) is 3.95. The SMILES string of the molecule is CCCCOc1cc(=O)[nH]c(C2CC2)n1. The highest BCUT2D eigenvalue weighted by molar-refractivity contribution is 5.13. The van der Waals surface area contributed by atoms with Gasteiger partial charge in [0, 0.05) is 5.92 Å². The van der Waals surface area contributed by atoms with E-state index in [1.165, 1.54) is 6.07 Å². The summed E-state index contributed by atoms with van der Waals surface area (Å²) in [6, 6.07) is 1.42. The van der Waals surface area contributed by atoms with E-state index in [9.17, 15) is 4.79 Å². The Labute approximate surface area is 88.7 Å². The molecule has 4 heteroatoms. The van der Waals surface area contributed by atoms with Crippen molar-refractivity contribution in [2.75, 3.05) is 6.61 Å². The third-order valence-corrected chi connectivity index (χ3v) is 2.45. The van der Waals surface area contributed by atoms with Crippen LogP contribution >= 0.6 is 0 Å². The number of nitrogens with zero attached hydrogens (tertiary/aromatic N) is 1. The highest BCUT2D eigenvalue weighted by Gasteiger charge is 2.26. The lowest BCUT2D eigenvalue weighted by molar-refractivity contribution is 0.295. The third kappa shape index (κ3) is 2.81. The second kappa shape index (κ2) is 4.47. The molecule has 0 saturated heterocycles. The number of aromatic nitrogens is 2. The fraction of sp³-hybridized carbons (Fsp3) is 0.636. The van der Waals surface area contributed by atoms with Crippen molar-refractivity contribution < 1.29 is 4.74 Å². The van der Waals surface area contributed by atoms with Crippen LogP contribution in [0.25, 0.3) is 0 Å². The maximum absolute atomic E-state index is 11.3. The topological polar surface area (TPSA) is 55.0 Å². The largest absolute Gasteiger partial charge is 0.477 e. The van der Waals surface area contributed by atoms with Gasteiger partial charge in [-0.3, -0.25) is 4.79 Å². The zero-order chi connectivity index (χ0) is 10.7. The number of nitrogens with one attached hydrogen (secondary N) is 1. The molecule has 0 radical (unpaired) electrons. The van der Waals surface area contributed by atoms with E-state index in [0.29, 0.717) is 18.4 Å². The maximum Gasteiger partial charge on any atom is 0.254 e. The lowest BCUT2D eigenvalue weighted by Gasteiger charge is -2.05. The molecular weight excluding hydrogens is 192 g/mol. The van der Waals surface area contributed by atoms with Gasteiger partial charge in [-0.1, -0.05) is 13.3 Å². The normalized spacial score (nSPS) is 15.3. The molecule has 0 unspecified atom stereocenters. The van der Waals surface area contributed by atoms with Gasteiger partial charge in [-0.25, -0.2) is 0 Å². The van der Waals surface area contributed by atoms with Crippen molar-refractivity contribution in [2.45, 2.75) is 38.5 Å². The van der Waals surface area contributed by atoms with E-state index < -0.39 is 0 Å². The van der Waals surface area contributed by atoms with E-state index in [1.54, 1.807) is 0 Å². The van der Waals surface area contributed by atoms with Crippen molar-refractivity contribution in [2.24, 2.45) is 0 Å². The standard InChI is InChI=1S/C11H16N2O2/c1-2-3-6-15-10-7-9(14)12-11(13-10)8-4-5-8/h7-8H,2-6H2,1H3,(H,12,13,14). The zero-order valence-corrected chi connectivity index (χ0v) is 8.95. The van der Waals surface area contributed by atoms with Crippen LogP contribution in [0.5, 0.6) is 5.88 Å². The number of unbranched alkanes of at least 4 members (excludes halogenated alkanes) is 1. The molecule has 0 spiro atoms. The van der Waals surface area contributed by atoms with Crippen LogP contribution in [0.15, 0.2) is 10.9 Å². The Morgan fingerprint density at radius 3 is 3.07 bits per heavy atom. The number of aromatic amines is 1. The van der Waals surface area contributed by atoms with Gasteiger partial charge in [-0.2, -0.15) is 4.98 Å². The van der Waals surface area contributed by atoms with Crippen molar-refractivity contribution in [3.63, 3.8) is 0 Å². The molecule has 1 aliphatic carbocycles. The Morgan fingerprint density at radius 2 is 2.40 bits per heavy atom. The summed E-state index contributed by atoms with van der Waals surface area (Å²) < 4.78 is 5.41. The molecule has 1 heterocycles. The summed E-state index contributed by atoms with van der Waals surface area (Å²) in [5.74, 6) is 1.70.